The first-order chi connectivity index (χ1) is 7.91. The van der Waals surface area contributed by atoms with Gasteiger partial charge in [0.1, 0.15) is 0 Å². The predicted molar refractivity (Wildman–Crippen MR) is 75.4 cm³/mol. The van der Waals surface area contributed by atoms with E-state index in [0.717, 1.165) is 23.8 Å². The molecule has 0 amide bonds. The number of thiocarbonyl (C=S) groups is 1. The highest BCUT2D eigenvalue weighted by molar-refractivity contribution is 7.80. The number of hydrogen-bond donors (Lipinski definition) is 1. The zero-order valence-corrected chi connectivity index (χ0v) is 11.7. The lowest BCUT2D eigenvalue weighted by Crippen LogP contribution is -2.35. The summed E-state index contributed by atoms with van der Waals surface area (Å²) < 4.78 is 0. The van der Waals surface area contributed by atoms with Crippen LogP contribution in [0.3, 0.4) is 0 Å². The van der Waals surface area contributed by atoms with Crippen LogP contribution in [-0.4, -0.2) is 27.5 Å². The topological polar surface area (TPSA) is 55.0 Å². The average molecular weight is 252 g/mol. The largest absolute Gasteiger partial charge is 0.393 e. The van der Waals surface area contributed by atoms with Crippen LogP contribution in [0.25, 0.3) is 0 Å². The van der Waals surface area contributed by atoms with Gasteiger partial charge in [0.2, 0.25) is 0 Å². The van der Waals surface area contributed by atoms with Gasteiger partial charge in [0.15, 0.2) is 5.82 Å². The minimum absolute atomic E-state index is 0.346. The molecule has 0 saturated heterocycles. The molecule has 0 saturated carbocycles. The summed E-state index contributed by atoms with van der Waals surface area (Å²) in [5.41, 5.74) is 7.42. The predicted octanol–water partition coefficient (Wildman–Crippen LogP) is 1.98. The lowest BCUT2D eigenvalue weighted by atomic mass is 10.2. The maximum atomic E-state index is 5.56. The van der Waals surface area contributed by atoms with Crippen LogP contribution in [0.15, 0.2) is 6.20 Å². The lowest BCUT2D eigenvalue weighted by molar-refractivity contribution is 0.674. The van der Waals surface area contributed by atoms with Crippen molar-refractivity contribution in [2.45, 2.75) is 40.2 Å². The molecule has 5 heteroatoms. The Kier molecular flexibility index (Phi) is 4.81. The van der Waals surface area contributed by atoms with Gasteiger partial charge in [0, 0.05) is 25.2 Å². The quantitative estimate of drug-likeness (QED) is 0.812. The molecule has 1 rings (SSSR count). The highest BCUT2D eigenvalue weighted by Crippen LogP contribution is 2.18. The third-order valence-corrected chi connectivity index (χ3v) is 2.75. The number of rotatable bonds is 5. The van der Waals surface area contributed by atoms with Crippen LogP contribution in [0.5, 0.6) is 0 Å². The summed E-state index contributed by atoms with van der Waals surface area (Å²) in [4.78, 5) is 11.6. The van der Waals surface area contributed by atoms with Crippen molar-refractivity contribution in [3.63, 3.8) is 0 Å². The average Bonchev–Trinajstić information content (AvgIpc) is 2.22. The van der Waals surface area contributed by atoms with E-state index >= 15 is 0 Å². The van der Waals surface area contributed by atoms with Crippen molar-refractivity contribution >= 4 is 23.0 Å². The van der Waals surface area contributed by atoms with Crippen LogP contribution in [0.1, 0.15) is 31.7 Å². The van der Waals surface area contributed by atoms with E-state index in [-0.39, 0.29) is 0 Å². The van der Waals surface area contributed by atoms with Crippen LogP contribution in [0.4, 0.5) is 5.82 Å². The molecule has 1 aromatic rings. The van der Waals surface area contributed by atoms with Crippen molar-refractivity contribution in [1.82, 2.24) is 9.97 Å². The van der Waals surface area contributed by atoms with Gasteiger partial charge >= 0.3 is 0 Å². The minimum atomic E-state index is 0.346. The maximum absolute atomic E-state index is 5.56. The van der Waals surface area contributed by atoms with Crippen LogP contribution in [-0.2, 0) is 0 Å². The van der Waals surface area contributed by atoms with E-state index in [4.69, 9.17) is 18.0 Å². The third kappa shape index (κ3) is 3.93. The smallest absolute Gasteiger partial charge is 0.150 e. The van der Waals surface area contributed by atoms with Gasteiger partial charge in [-0.2, -0.15) is 0 Å². The molecule has 4 nitrogen and oxygen atoms in total. The fraction of sp³-hybridized carbons (Fsp3) is 0.583. The summed E-state index contributed by atoms with van der Waals surface area (Å²) in [6.45, 7) is 8.96. The fourth-order valence-electron chi connectivity index (χ4n) is 1.64. The Balaban J connectivity index is 2.96. The van der Waals surface area contributed by atoms with Crippen molar-refractivity contribution in [2.75, 3.05) is 11.4 Å². The summed E-state index contributed by atoms with van der Waals surface area (Å²) in [7, 11) is 0. The lowest BCUT2D eigenvalue weighted by Gasteiger charge is -2.28. The molecule has 0 aliphatic rings. The molecule has 17 heavy (non-hydrogen) atoms. The second-order valence-corrected chi connectivity index (χ2v) is 4.95. The number of anilines is 1. The van der Waals surface area contributed by atoms with Gasteiger partial charge in [-0.1, -0.05) is 12.2 Å². The number of hydrogen-bond acceptors (Lipinski definition) is 4. The van der Waals surface area contributed by atoms with E-state index in [1.807, 2.05) is 13.8 Å². The summed E-state index contributed by atoms with van der Waals surface area (Å²) >= 11 is 4.92. The Morgan fingerprint density at radius 2 is 2.12 bits per heavy atom. The molecule has 0 fully saturated rings. The van der Waals surface area contributed by atoms with Gasteiger partial charge in [0.25, 0.3) is 0 Å². The highest BCUT2D eigenvalue weighted by Gasteiger charge is 2.15. The molecule has 0 spiro atoms. The van der Waals surface area contributed by atoms with Crippen LogP contribution in [0, 0.1) is 13.8 Å². The van der Waals surface area contributed by atoms with Crippen molar-refractivity contribution < 1.29 is 0 Å². The Morgan fingerprint density at radius 3 is 2.65 bits per heavy atom. The first-order valence-electron chi connectivity index (χ1n) is 5.77. The van der Waals surface area contributed by atoms with Crippen molar-refractivity contribution in [3.05, 3.63) is 17.6 Å². The SMILES string of the molecule is Cc1cnc(C)c(N(CCC(N)=S)C(C)C)n1. The molecule has 0 bridgehead atoms. The fourth-order valence-corrected chi connectivity index (χ4v) is 1.73. The summed E-state index contributed by atoms with van der Waals surface area (Å²) in [5, 5.41) is 0. The molecular formula is C12H20N4S. The maximum Gasteiger partial charge on any atom is 0.150 e. The molecule has 1 heterocycles. The van der Waals surface area contributed by atoms with Crippen LogP contribution in [0.2, 0.25) is 0 Å². The Hall–Kier alpha value is -1.23. The molecule has 94 valence electrons. The Bertz CT molecular complexity index is 403. The molecule has 0 radical (unpaired) electrons. The first-order valence-corrected chi connectivity index (χ1v) is 6.18. The Morgan fingerprint density at radius 1 is 1.47 bits per heavy atom. The molecular weight excluding hydrogens is 232 g/mol. The summed E-state index contributed by atoms with van der Waals surface area (Å²) in [6, 6.07) is 0.346. The minimum Gasteiger partial charge on any atom is -0.393 e. The summed E-state index contributed by atoms with van der Waals surface area (Å²) in [5.74, 6) is 0.927. The van der Waals surface area contributed by atoms with E-state index < -0.39 is 0 Å². The van der Waals surface area contributed by atoms with Gasteiger partial charge in [-0.25, -0.2) is 4.98 Å². The number of aromatic nitrogens is 2. The third-order valence-electron chi connectivity index (χ3n) is 2.55. The molecule has 0 atom stereocenters. The van der Waals surface area contributed by atoms with Gasteiger partial charge < -0.3 is 10.6 Å². The van der Waals surface area contributed by atoms with E-state index in [9.17, 15) is 0 Å². The second-order valence-electron chi connectivity index (χ2n) is 4.42. The van der Waals surface area contributed by atoms with Gasteiger partial charge in [-0.05, 0) is 27.7 Å². The van der Waals surface area contributed by atoms with E-state index in [1.54, 1.807) is 6.20 Å². The molecule has 2 N–H and O–H groups in total. The molecule has 0 aromatic carbocycles. The van der Waals surface area contributed by atoms with Crippen molar-refractivity contribution in [3.8, 4) is 0 Å². The number of aryl methyl sites for hydroxylation is 2. The van der Waals surface area contributed by atoms with Gasteiger partial charge in [-0.3, -0.25) is 4.98 Å². The van der Waals surface area contributed by atoms with Crippen LogP contribution < -0.4 is 10.6 Å². The van der Waals surface area contributed by atoms with E-state index in [2.05, 4.69) is 28.7 Å². The molecule has 0 aliphatic heterocycles. The van der Waals surface area contributed by atoms with Gasteiger partial charge in [0.05, 0.1) is 16.4 Å². The van der Waals surface area contributed by atoms with Crippen molar-refractivity contribution in [2.24, 2.45) is 5.73 Å². The zero-order chi connectivity index (χ0) is 13.0. The monoisotopic (exact) mass is 252 g/mol. The number of nitrogens with two attached hydrogens (primary N) is 1. The molecule has 0 unspecified atom stereocenters. The first kappa shape index (κ1) is 13.8. The van der Waals surface area contributed by atoms with Gasteiger partial charge in [-0.15, -0.1) is 0 Å². The highest BCUT2D eigenvalue weighted by atomic mass is 32.1. The molecule has 1 aromatic heterocycles. The number of nitrogens with zero attached hydrogens (tertiary/aromatic N) is 3. The zero-order valence-electron chi connectivity index (χ0n) is 10.9. The standard InChI is InChI=1S/C12H20N4S/c1-8(2)16(6-5-11(13)17)12-10(4)14-7-9(3)15-12/h7-8H,5-6H2,1-4H3,(H2,13,17). The Labute approximate surface area is 108 Å². The summed E-state index contributed by atoms with van der Waals surface area (Å²) in [6.07, 6.45) is 2.48. The van der Waals surface area contributed by atoms with Crippen molar-refractivity contribution in [1.29, 1.82) is 0 Å². The van der Waals surface area contributed by atoms with E-state index in [0.29, 0.717) is 17.5 Å². The van der Waals surface area contributed by atoms with Crippen LogP contribution >= 0.6 is 12.2 Å². The van der Waals surface area contributed by atoms with E-state index in [1.165, 1.54) is 0 Å². The second kappa shape index (κ2) is 5.91. The molecule has 0 aliphatic carbocycles. The normalized spacial score (nSPS) is 10.6.